The van der Waals surface area contributed by atoms with Gasteiger partial charge in [0.1, 0.15) is 0 Å². The van der Waals surface area contributed by atoms with Gasteiger partial charge in [-0.25, -0.2) is 0 Å². The van der Waals surface area contributed by atoms with Gasteiger partial charge in [0.15, 0.2) is 0 Å². The Morgan fingerprint density at radius 1 is 0.279 bits per heavy atom. The van der Waals surface area contributed by atoms with Crippen LogP contribution in [0.25, 0.3) is 122 Å². The van der Waals surface area contributed by atoms with E-state index in [1.165, 1.54) is 18.2 Å². The lowest BCUT2D eigenvalue weighted by Gasteiger charge is -2.22. The molecule has 2 heterocycles. The molecule has 0 saturated heterocycles. The Morgan fingerprint density at radius 2 is 0.616 bits per heavy atom. The second-order valence-electron chi connectivity index (χ2n) is 20.5. The summed E-state index contributed by atoms with van der Waals surface area (Å²) in [5.41, 5.74) is 6.27. The molecule has 0 N–H and O–H groups in total. The monoisotopic (exact) mass is 1130 g/mol. The number of nitriles is 5. The summed E-state index contributed by atoms with van der Waals surface area (Å²) < 4.78 is 95.0. The number of fused-ring (bicyclic) bond motifs is 6. The lowest BCUT2D eigenvalue weighted by molar-refractivity contribution is -0.142. The van der Waals surface area contributed by atoms with Crippen LogP contribution in [-0.4, -0.2) is 9.13 Å². The number of aromatic nitrogens is 2. The largest absolute Gasteiger partial charge is 0.417 e. The van der Waals surface area contributed by atoms with Crippen molar-refractivity contribution < 1.29 is 26.3 Å². The Bertz CT molecular complexity index is 4980. The van der Waals surface area contributed by atoms with Crippen molar-refractivity contribution in [2.24, 2.45) is 0 Å². The molecular weight excluding hydrogens is 1090 g/mol. The van der Waals surface area contributed by atoms with Gasteiger partial charge < -0.3 is 9.13 Å². The molecule has 11 aromatic carbocycles. The van der Waals surface area contributed by atoms with Crippen LogP contribution in [0, 0.1) is 56.7 Å². The first kappa shape index (κ1) is 53.4. The van der Waals surface area contributed by atoms with Crippen LogP contribution in [-0.2, 0) is 12.4 Å². The standard InChI is InChI=1S/C73H37F6N7/c74-72(75,76)64-18-9-19-65(73(77,78)79)71(64)47-25-31-68(86-69-29-23-45(56-16-7-3-12-50(56)40-82)34-62(69)63-35-46(24-30-70(63)86)57-17-8-4-13-51(57)41-83)59(36-47)58-37-53(26-20-52(58)42-84)85-66-27-21-43(54-14-5-1-10-48(54)38-80)32-60(66)61-33-44(22-28-67(61)85)55-15-6-2-11-49(55)39-81/h1-37H. The molecule has 0 fully saturated rings. The quantitative estimate of drug-likeness (QED) is 0.140. The molecule has 0 amide bonds. The Balaban J connectivity index is 1.13. The maximum atomic E-state index is 15.2. The van der Waals surface area contributed by atoms with Gasteiger partial charge in [0.25, 0.3) is 0 Å². The lowest BCUT2D eigenvalue weighted by atomic mass is 9.89. The third-order valence-electron chi connectivity index (χ3n) is 15.8. The normalized spacial score (nSPS) is 11.5. The minimum atomic E-state index is -5.23. The van der Waals surface area contributed by atoms with E-state index in [-0.39, 0.29) is 16.7 Å². The van der Waals surface area contributed by atoms with E-state index < -0.39 is 34.6 Å². The van der Waals surface area contributed by atoms with Crippen LogP contribution < -0.4 is 0 Å². The molecule has 0 aliphatic carbocycles. The fraction of sp³-hybridized carbons (Fsp3) is 0.0274. The minimum Gasteiger partial charge on any atom is -0.309 e. The van der Waals surface area contributed by atoms with Crippen molar-refractivity contribution in [1.29, 1.82) is 26.3 Å². The molecule has 0 bridgehead atoms. The van der Waals surface area contributed by atoms with Gasteiger partial charge in [-0.15, -0.1) is 0 Å². The molecule has 0 saturated carbocycles. The van der Waals surface area contributed by atoms with Crippen molar-refractivity contribution in [3.05, 3.63) is 263 Å². The summed E-state index contributed by atoms with van der Waals surface area (Å²) >= 11 is 0. The minimum absolute atomic E-state index is 0.0467. The van der Waals surface area contributed by atoms with Crippen molar-refractivity contribution in [2.75, 3.05) is 0 Å². The summed E-state index contributed by atoms with van der Waals surface area (Å²) in [5.74, 6) is 0. The predicted molar refractivity (Wildman–Crippen MR) is 321 cm³/mol. The van der Waals surface area contributed by atoms with Gasteiger partial charge >= 0.3 is 12.4 Å². The zero-order valence-electron chi connectivity index (χ0n) is 44.8. The molecule has 7 nitrogen and oxygen atoms in total. The van der Waals surface area contributed by atoms with Crippen LogP contribution in [0.4, 0.5) is 26.3 Å². The van der Waals surface area contributed by atoms with Crippen LogP contribution in [0.3, 0.4) is 0 Å². The van der Waals surface area contributed by atoms with E-state index in [0.717, 1.165) is 28.0 Å². The fourth-order valence-corrected chi connectivity index (χ4v) is 12.0. The molecule has 0 unspecified atom stereocenters. The summed E-state index contributed by atoms with van der Waals surface area (Å²) in [4.78, 5) is 0. The van der Waals surface area contributed by atoms with Crippen LogP contribution in [0.1, 0.15) is 38.9 Å². The van der Waals surface area contributed by atoms with Crippen LogP contribution in [0.15, 0.2) is 224 Å². The average molecular weight is 1130 g/mol. The fourth-order valence-electron chi connectivity index (χ4n) is 12.0. The van der Waals surface area contributed by atoms with E-state index in [0.29, 0.717) is 112 Å². The summed E-state index contributed by atoms with van der Waals surface area (Å²) in [5, 5.41) is 54.8. The number of nitrogens with zero attached hydrogens (tertiary/aromatic N) is 7. The summed E-state index contributed by atoms with van der Waals surface area (Å²) in [7, 11) is 0. The summed E-state index contributed by atoms with van der Waals surface area (Å²) in [6.45, 7) is 0. The van der Waals surface area contributed by atoms with E-state index in [4.69, 9.17) is 0 Å². The maximum Gasteiger partial charge on any atom is 0.417 e. The van der Waals surface area contributed by atoms with Gasteiger partial charge in [0, 0.05) is 43.9 Å². The van der Waals surface area contributed by atoms with E-state index in [1.807, 2.05) is 130 Å². The van der Waals surface area contributed by atoms with E-state index in [2.05, 4.69) is 30.3 Å². The van der Waals surface area contributed by atoms with Gasteiger partial charge in [-0.05, 0) is 165 Å². The average Bonchev–Trinajstić information content (AvgIpc) is 2.03. The van der Waals surface area contributed by atoms with Gasteiger partial charge in [-0.2, -0.15) is 52.7 Å². The van der Waals surface area contributed by atoms with Crippen LogP contribution in [0.5, 0.6) is 0 Å². The zero-order chi connectivity index (χ0) is 59.6. The van der Waals surface area contributed by atoms with Gasteiger partial charge in [0.05, 0.1) is 97.0 Å². The van der Waals surface area contributed by atoms with Crippen molar-refractivity contribution >= 4 is 43.6 Å². The first-order valence-electron chi connectivity index (χ1n) is 26.8. The number of rotatable bonds is 8. The number of benzene rings is 11. The second-order valence-corrected chi connectivity index (χ2v) is 20.5. The topological polar surface area (TPSA) is 129 Å². The zero-order valence-corrected chi connectivity index (χ0v) is 44.8. The van der Waals surface area contributed by atoms with Gasteiger partial charge in [-0.1, -0.05) is 109 Å². The Labute approximate surface area is 487 Å². The molecule has 0 atom stereocenters. The van der Waals surface area contributed by atoms with E-state index in [1.54, 1.807) is 66.7 Å². The molecule has 0 spiro atoms. The van der Waals surface area contributed by atoms with Crippen LogP contribution in [0.2, 0.25) is 0 Å². The van der Waals surface area contributed by atoms with Crippen molar-refractivity contribution in [2.45, 2.75) is 12.4 Å². The second kappa shape index (κ2) is 20.8. The third-order valence-corrected chi connectivity index (χ3v) is 15.8. The van der Waals surface area contributed by atoms with Crippen LogP contribution >= 0.6 is 0 Å². The first-order valence-corrected chi connectivity index (χ1v) is 26.8. The highest BCUT2D eigenvalue weighted by molar-refractivity contribution is 6.14. The summed E-state index contributed by atoms with van der Waals surface area (Å²) in [6, 6.07) is 73.7. The summed E-state index contributed by atoms with van der Waals surface area (Å²) in [6.07, 6.45) is -10.5. The van der Waals surface area contributed by atoms with Crippen molar-refractivity contribution in [3.8, 4) is 108 Å². The Kier molecular flexibility index (Phi) is 12.9. The molecule has 0 aliphatic heterocycles. The highest BCUT2D eigenvalue weighted by atomic mass is 19.4. The van der Waals surface area contributed by atoms with Crippen molar-refractivity contribution in [1.82, 2.24) is 9.13 Å². The van der Waals surface area contributed by atoms with E-state index >= 15 is 26.3 Å². The lowest BCUT2D eigenvalue weighted by Crippen LogP contribution is -2.14. The molecule has 2 aromatic heterocycles. The highest BCUT2D eigenvalue weighted by Gasteiger charge is 2.41. The number of hydrogen-bond donors (Lipinski definition) is 0. The molecule has 0 radical (unpaired) electrons. The smallest absolute Gasteiger partial charge is 0.309 e. The third kappa shape index (κ3) is 8.91. The highest BCUT2D eigenvalue weighted by Crippen LogP contribution is 2.49. The molecular formula is C73H37F6N7. The Morgan fingerprint density at radius 3 is 0.977 bits per heavy atom. The van der Waals surface area contributed by atoms with E-state index in [9.17, 15) is 26.3 Å². The molecule has 13 aromatic rings. The predicted octanol–water partition coefficient (Wildman–Crippen LogP) is 19.3. The van der Waals surface area contributed by atoms with Gasteiger partial charge in [0.2, 0.25) is 0 Å². The maximum absolute atomic E-state index is 15.2. The molecule has 0 aliphatic rings. The number of hydrogen-bond acceptors (Lipinski definition) is 5. The van der Waals surface area contributed by atoms with Crippen molar-refractivity contribution in [3.63, 3.8) is 0 Å². The molecule has 13 heteroatoms. The number of halogens is 6. The SMILES string of the molecule is N#Cc1ccccc1-c1ccc2c(c1)c1cc(-c3ccccc3C#N)ccc1n2-c1ccc(C#N)c(-c2cc(-c3c(C(F)(F)F)cccc3C(F)(F)F)ccc2-n2c3ccc(-c4ccccc4C#N)cc3c3cc(-c4ccccc4C#N)ccc32)c1. The van der Waals surface area contributed by atoms with Gasteiger partial charge in [-0.3, -0.25) is 0 Å². The number of alkyl halides is 6. The first-order chi connectivity index (χ1) is 41.7. The molecule has 13 rings (SSSR count). The molecule has 406 valence electrons. The Hall–Kier alpha value is -12.0. The molecule has 86 heavy (non-hydrogen) atoms.